The zero-order valence-electron chi connectivity index (χ0n) is 16.4. The van der Waals surface area contributed by atoms with Gasteiger partial charge >= 0.3 is 5.97 Å². The Labute approximate surface area is 175 Å². The van der Waals surface area contributed by atoms with Crippen molar-refractivity contribution in [2.75, 3.05) is 25.0 Å². The van der Waals surface area contributed by atoms with E-state index < -0.39 is 28.5 Å². The average molecular weight is 439 g/mol. The summed E-state index contributed by atoms with van der Waals surface area (Å²) in [6.45, 7) is 5.44. The molecule has 1 N–H and O–H groups in total. The highest BCUT2D eigenvalue weighted by atomic mass is 35.5. The number of benzene rings is 2. The second kappa shape index (κ2) is 9.87. The molecule has 2 aromatic carbocycles. The number of ether oxygens (including phenoxy) is 1. The van der Waals surface area contributed by atoms with Gasteiger partial charge in [-0.2, -0.15) is 4.31 Å². The first-order valence-electron chi connectivity index (χ1n) is 9.02. The van der Waals surface area contributed by atoms with E-state index in [-0.39, 0.29) is 10.5 Å². The van der Waals surface area contributed by atoms with E-state index in [9.17, 15) is 18.0 Å². The quantitative estimate of drug-likeness (QED) is 0.637. The molecule has 0 aliphatic carbocycles. The number of hydrogen-bond acceptors (Lipinski definition) is 5. The first kappa shape index (κ1) is 22.9. The van der Waals surface area contributed by atoms with Crippen LogP contribution in [0.1, 0.15) is 29.8 Å². The number of anilines is 1. The van der Waals surface area contributed by atoms with Crippen LogP contribution in [-0.2, 0) is 19.6 Å². The number of esters is 1. The molecule has 0 spiro atoms. The number of carbonyl (C=O) groups excluding carboxylic acids is 2. The molecule has 29 heavy (non-hydrogen) atoms. The number of halogens is 1. The molecule has 9 heteroatoms. The minimum absolute atomic E-state index is 0.00783. The molecule has 0 saturated heterocycles. The lowest BCUT2D eigenvalue weighted by atomic mass is 10.2. The van der Waals surface area contributed by atoms with Gasteiger partial charge in [-0.1, -0.05) is 37.6 Å². The second-order valence-electron chi connectivity index (χ2n) is 6.22. The molecule has 0 aliphatic heterocycles. The normalized spacial score (nSPS) is 11.3. The molecule has 156 valence electrons. The predicted octanol–water partition coefficient (Wildman–Crippen LogP) is 3.47. The van der Waals surface area contributed by atoms with Gasteiger partial charge in [0.25, 0.3) is 5.91 Å². The fraction of sp³-hybridized carbons (Fsp3) is 0.300. The summed E-state index contributed by atoms with van der Waals surface area (Å²) in [6.07, 6.45) is 0. The summed E-state index contributed by atoms with van der Waals surface area (Å²) in [5.41, 5.74) is 1.39. The van der Waals surface area contributed by atoms with Crippen molar-refractivity contribution in [2.45, 2.75) is 25.7 Å². The van der Waals surface area contributed by atoms with E-state index in [1.165, 1.54) is 28.6 Å². The molecular formula is C20H23ClN2O5S. The number of nitrogens with zero attached hydrogens (tertiary/aromatic N) is 1. The van der Waals surface area contributed by atoms with Gasteiger partial charge in [-0.3, -0.25) is 4.79 Å². The summed E-state index contributed by atoms with van der Waals surface area (Å²) in [5.74, 6) is -1.36. The van der Waals surface area contributed by atoms with Crippen molar-refractivity contribution in [3.05, 3.63) is 58.6 Å². The second-order valence-corrected chi connectivity index (χ2v) is 8.57. The van der Waals surface area contributed by atoms with Crippen molar-refractivity contribution < 1.29 is 22.7 Å². The van der Waals surface area contributed by atoms with Crippen LogP contribution in [0, 0.1) is 6.92 Å². The molecule has 7 nitrogen and oxygen atoms in total. The van der Waals surface area contributed by atoms with Crippen LogP contribution in [0.15, 0.2) is 47.4 Å². The molecule has 1 amide bonds. The highest BCUT2D eigenvalue weighted by Crippen LogP contribution is 2.22. The monoisotopic (exact) mass is 438 g/mol. The van der Waals surface area contributed by atoms with E-state index in [0.717, 1.165) is 5.56 Å². The number of hydrogen-bond donors (Lipinski definition) is 1. The van der Waals surface area contributed by atoms with Crippen molar-refractivity contribution in [3.8, 4) is 0 Å². The molecule has 0 atom stereocenters. The molecule has 0 unspecified atom stereocenters. The zero-order valence-corrected chi connectivity index (χ0v) is 18.0. The highest BCUT2D eigenvalue weighted by molar-refractivity contribution is 7.89. The number of nitrogens with one attached hydrogen (secondary N) is 1. The molecule has 2 rings (SSSR count). The third-order valence-corrected chi connectivity index (χ3v) is 6.50. The Morgan fingerprint density at radius 2 is 1.79 bits per heavy atom. The molecule has 0 heterocycles. The molecule has 0 aliphatic rings. The molecule has 2 aromatic rings. The lowest BCUT2D eigenvalue weighted by Crippen LogP contribution is -2.30. The molecular weight excluding hydrogens is 416 g/mol. The highest BCUT2D eigenvalue weighted by Gasteiger charge is 2.23. The van der Waals surface area contributed by atoms with Crippen LogP contribution in [0.2, 0.25) is 5.02 Å². The summed E-state index contributed by atoms with van der Waals surface area (Å²) in [5, 5.41) is 2.93. The van der Waals surface area contributed by atoms with E-state index in [1.54, 1.807) is 32.0 Å². The van der Waals surface area contributed by atoms with Gasteiger partial charge in [0, 0.05) is 13.1 Å². The van der Waals surface area contributed by atoms with Gasteiger partial charge < -0.3 is 10.1 Å². The van der Waals surface area contributed by atoms with Crippen molar-refractivity contribution in [1.29, 1.82) is 0 Å². The van der Waals surface area contributed by atoms with Gasteiger partial charge in [-0.25, -0.2) is 13.2 Å². The summed E-state index contributed by atoms with van der Waals surface area (Å²) >= 11 is 6.06. The number of sulfonamides is 1. The number of carbonyl (C=O) groups is 2. The Balaban J connectivity index is 2.05. The Kier molecular flexibility index (Phi) is 7.78. The predicted molar refractivity (Wildman–Crippen MR) is 112 cm³/mol. The lowest BCUT2D eigenvalue weighted by Gasteiger charge is -2.18. The van der Waals surface area contributed by atoms with Gasteiger partial charge in [0.05, 0.1) is 21.2 Å². The minimum atomic E-state index is -3.71. The third-order valence-electron chi connectivity index (χ3n) is 4.15. The Bertz CT molecular complexity index is 1000. The van der Waals surface area contributed by atoms with Gasteiger partial charge in [-0.05, 0) is 42.8 Å². The van der Waals surface area contributed by atoms with Crippen molar-refractivity contribution in [1.82, 2.24) is 4.31 Å². The zero-order chi connectivity index (χ0) is 21.6. The van der Waals surface area contributed by atoms with Crippen molar-refractivity contribution in [2.24, 2.45) is 0 Å². The van der Waals surface area contributed by atoms with E-state index in [2.05, 4.69) is 5.32 Å². The molecule has 0 fully saturated rings. The van der Waals surface area contributed by atoms with Gasteiger partial charge in [0.1, 0.15) is 0 Å². The number of aryl methyl sites for hydroxylation is 1. The molecule has 0 saturated carbocycles. The van der Waals surface area contributed by atoms with Crippen LogP contribution >= 0.6 is 11.6 Å². The maximum absolute atomic E-state index is 12.6. The molecule has 0 aromatic heterocycles. The third kappa shape index (κ3) is 5.79. The van der Waals surface area contributed by atoms with E-state index in [0.29, 0.717) is 23.8 Å². The largest absolute Gasteiger partial charge is 0.452 e. The molecule has 0 radical (unpaired) electrons. The summed E-state index contributed by atoms with van der Waals surface area (Å²) < 4.78 is 31.5. The number of rotatable bonds is 8. The van der Waals surface area contributed by atoms with E-state index in [4.69, 9.17) is 16.3 Å². The van der Waals surface area contributed by atoms with E-state index in [1.807, 2.05) is 6.92 Å². The Morgan fingerprint density at radius 3 is 2.41 bits per heavy atom. The van der Waals surface area contributed by atoms with Gasteiger partial charge in [0.2, 0.25) is 10.0 Å². The van der Waals surface area contributed by atoms with Crippen LogP contribution in [0.25, 0.3) is 0 Å². The first-order valence-corrected chi connectivity index (χ1v) is 10.8. The minimum Gasteiger partial charge on any atom is -0.452 e. The average Bonchev–Trinajstić information content (AvgIpc) is 2.69. The van der Waals surface area contributed by atoms with Crippen molar-refractivity contribution >= 4 is 39.2 Å². The smallest absolute Gasteiger partial charge is 0.338 e. The number of amides is 1. The maximum atomic E-state index is 12.6. The lowest BCUT2D eigenvalue weighted by molar-refractivity contribution is -0.119. The van der Waals surface area contributed by atoms with Crippen LogP contribution in [0.4, 0.5) is 5.69 Å². The first-order chi connectivity index (χ1) is 13.7. The Hall–Kier alpha value is -2.42. The summed E-state index contributed by atoms with van der Waals surface area (Å²) in [7, 11) is -3.71. The van der Waals surface area contributed by atoms with Gasteiger partial charge in [0.15, 0.2) is 6.61 Å². The standard InChI is InChI=1S/C20H23ClN2O5S/c1-4-23(5-2)29(26,27)16-8-6-7-15(12-16)20(25)28-13-19(24)22-18-10-9-14(3)11-17(18)21/h6-12H,4-5,13H2,1-3H3,(H,22,24). The SMILES string of the molecule is CCN(CC)S(=O)(=O)c1cccc(C(=O)OCC(=O)Nc2ccc(C)cc2Cl)c1. The summed E-state index contributed by atoms with van der Waals surface area (Å²) in [4.78, 5) is 24.3. The topological polar surface area (TPSA) is 92.8 Å². The van der Waals surface area contributed by atoms with Crippen LogP contribution in [0.5, 0.6) is 0 Å². The summed E-state index contributed by atoms with van der Waals surface area (Å²) in [6, 6.07) is 10.7. The van der Waals surface area contributed by atoms with Gasteiger partial charge in [-0.15, -0.1) is 0 Å². The van der Waals surface area contributed by atoms with Crippen LogP contribution in [-0.4, -0.2) is 44.3 Å². The van der Waals surface area contributed by atoms with E-state index >= 15 is 0 Å². The fourth-order valence-electron chi connectivity index (χ4n) is 2.62. The fourth-order valence-corrected chi connectivity index (χ4v) is 4.41. The maximum Gasteiger partial charge on any atom is 0.338 e. The van der Waals surface area contributed by atoms with Crippen LogP contribution in [0.3, 0.4) is 0 Å². The molecule has 0 bridgehead atoms. The van der Waals surface area contributed by atoms with Crippen molar-refractivity contribution in [3.63, 3.8) is 0 Å². The van der Waals surface area contributed by atoms with Crippen LogP contribution < -0.4 is 5.32 Å². The Morgan fingerprint density at radius 1 is 1.10 bits per heavy atom.